The lowest BCUT2D eigenvalue weighted by atomic mass is 9.95. The zero-order chi connectivity index (χ0) is 14.8. The maximum Gasteiger partial charge on any atom is 0.221 e. The molecule has 0 fully saturated rings. The largest absolute Gasteiger partial charge is 0.356 e. The second kappa shape index (κ2) is 10.2. The van der Waals surface area contributed by atoms with Crippen molar-refractivity contribution in [3.05, 3.63) is 0 Å². The van der Waals surface area contributed by atoms with Crippen LogP contribution in [0.1, 0.15) is 60.8 Å². The Balaban J connectivity index is 3.87. The fourth-order valence-electron chi connectivity index (χ4n) is 2.20. The quantitative estimate of drug-likeness (QED) is 0.640. The Morgan fingerprint density at radius 1 is 0.895 bits per heavy atom. The molecule has 0 radical (unpaired) electrons. The number of carbonyl (C=O) groups is 1. The van der Waals surface area contributed by atoms with Crippen LogP contribution in [0.25, 0.3) is 0 Å². The minimum Gasteiger partial charge on any atom is -0.356 e. The van der Waals surface area contributed by atoms with Gasteiger partial charge in [-0.15, -0.1) is 0 Å². The lowest BCUT2D eigenvalue weighted by molar-refractivity contribution is -0.121. The van der Waals surface area contributed by atoms with Crippen molar-refractivity contribution in [2.75, 3.05) is 13.1 Å². The molecular weight excluding hydrogens is 236 g/mol. The van der Waals surface area contributed by atoms with E-state index < -0.39 is 0 Å². The van der Waals surface area contributed by atoms with Gasteiger partial charge in [0.1, 0.15) is 0 Å². The van der Waals surface area contributed by atoms with Crippen LogP contribution in [0.3, 0.4) is 0 Å². The molecule has 0 saturated heterocycles. The number of amides is 1. The molecule has 0 aromatic rings. The Bertz CT molecular complexity index is 227. The van der Waals surface area contributed by atoms with Crippen LogP contribution in [0.15, 0.2) is 0 Å². The average Bonchev–Trinajstić information content (AvgIpc) is 2.24. The summed E-state index contributed by atoms with van der Waals surface area (Å²) in [5.74, 6) is 2.08. The minimum atomic E-state index is 0.161. The van der Waals surface area contributed by atoms with Crippen LogP contribution in [0.5, 0.6) is 0 Å². The van der Waals surface area contributed by atoms with E-state index in [1.807, 2.05) is 0 Å². The first-order chi connectivity index (χ1) is 8.81. The van der Waals surface area contributed by atoms with Crippen LogP contribution in [0.4, 0.5) is 0 Å². The van der Waals surface area contributed by atoms with Crippen LogP contribution in [0, 0.1) is 17.8 Å². The molecule has 3 heteroatoms. The summed E-state index contributed by atoms with van der Waals surface area (Å²) >= 11 is 0. The summed E-state index contributed by atoms with van der Waals surface area (Å²) in [6.45, 7) is 14.8. The summed E-state index contributed by atoms with van der Waals surface area (Å²) in [6, 6.07) is 0.540. The number of nitrogens with one attached hydrogen (secondary N) is 2. The minimum absolute atomic E-state index is 0.161. The standard InChI is InChI=1S/C16H34N2O/c1-12(2)9-15(10-13(3)4)17-8-7-16(19)18-11-14(5)6/h12-15,17H,7-11H2,1-6H3,(H,18,19). The molecule has 0 bridgehead atoms. The van der Waals surface area contributed by atoms with Crippen molar-refractivity contribution in [3.8, 4) is 0 Å². The van der Waals surface area contributed by atoms with E-state index in [1.165, 1.54) is 12.8 Å². The van der Waals surface area contributed by atoms with E-state index in [1.54, 1.807) is 0 Å². The highest BCUT2D eigenvalue weighted by Gasteiger charge is 2.12. The van der Waals surface area contributed by atoms with E-state index in [4.69, 9.17) is 0 Å². The van der Waals surface area contributed by atoms with Crippen LogP contribution in [0.2, 0.25) is 0 Å². The fraction of sp³-hybridized carbons (Fsp3) is 0.938. The van der Waals surface area contributed by atoms with Crippen LogP contribution in [-0.2, 0) is 4.79 Å². The summed E-state index contributed by atoms with van der Waals surface area (Å²) in [5.41, 5.74) is 0. The van der Waals surface area contributed by atoms with Crippen LogP contribution >= 0.6 is 0 Å². The lowest BCUT2D eigenvalue weighted by Crippen LogP contribution is -2.36. The normalized spacial score (nSPS) is 11.9. The van der Waals surface area contributed by atoms with Crippen LogP contribution in [-0.4, -0.2) is 25.0 Å². The molecule has 0 spiro atoms. The Morgan fingerprint density at radius 2 is 1.42 bits per heavy atom. The Hall–Kier alpha value is -0.570. The number of carbonyl (C=O) groups excluding carboxylic acids is 1. The summed E-state index contributed by atoms with van der Waals surface area (Å²) in [7, 11) is 0. The third-order valence-corrected chi connectivity index (χ3v) is 3.00. The molecule has 0 atom stereocenters. The van der Waals surface area contributed by atoms with Gasteiger partial charge in [0.25, 0.3) is 0 Å². The molecule has 2 N–H and O–H groups in total. The van der Waals surface area contributed by atoms with Crippen molar-refractivity contribution in [1.82, 2.24) is 10.6 Å². The highest BCUT2D eigenvalue weighted by Crippen LogP contribution is 2.13. The predicted octanol–water partition coefficient (Wildman–Crippen LogP) is 3.20. The van der Waals surface area contributed by atoms with E-state index in [2.05, 4.69) is 52.2 Å². The van der Waals surface area contributed by atoms with Gasteiger partial charge in [-0.3, -0.25) is 4.79 Å². The van der Waals surface area contributed by atoms with Gasteiger partial charge in [0.05, 0.1) is 0 Å². The maximum absolute atomic E-state index is 11.6. The van der Waals surface area contributed by atoms with E-state index in [0.717, 1.165) is 13.1 Å². The molecule has 0 aliphatic rings. The molecule has 19 heavy (non-hydrogen) atoms. The molecule has 0 unspecified atom stereocenters. The van der Waals surface area contributed by atoms with Crippen LogP contribution < -0.4 is 10.6 Å². The zero-order valence-electron chi connectivity index (χ0n) is 13.8. The van der Waals surface area contributed by atoms with Gasteiger partial charge < -0.3 is 10.6 Å². The maximum atomic E-state index is 11.6. The smallest absolute Gasteiger partial charge is 0.221 e. The number of hydrogen-bond acceptors (Lipinski definition) is 2. The predicted molar refractivity (Wildman–Crippen MR) is 83.2 cm³/mol. The SMILES string of the molecule is CC(C)CNC(=O)CCNC(CC(C)C)CC(C)C. The molecule has 1 amide bonds. The van der Waals surface area contributed by atoms with E-state index in [9.17, 15) is 4.79 Å². The van der Waals surface area contributed by atoms with Gasteiger partial charge in [0.2, 0.25) is 5.91 Å². The van der Waals surface area contributed by atoms with Crippen molar-refractivity contribution in [2.24, 2.45) is 17.8 Å². The third-order valence-electron chi connectivity index (χ3n) is 3.00. The summed E-state index contributed by atoms with van der Waals surface area (Å²) in [4.78, 5) is 11.6. The second-order valence-electron chi connectivity index (χ2n) is 6.86. The Labute approximate surface area is 119 Å². The van der Waals surface area contributed by atoms with E-state index >= 15 is 0 Å². The van der Waals surface area contributed by atoms with Crippen molar-refractivity contribution >= 4 is 5.91 Å². The van der Waals surface area contributed by atoms with Crippen molar-refractivity contribution in [1.29, 1.82) is 0 Å². The first-order valence-corrected chi connectivity index (χ1v) is 7.81. The van der Waals surface area contributed by atoms with Gasteiger partial charge in [-0.1, -0.05) is 41.5 Å². The van der Waals surface area contributed by atoms with E-state index in [0.29, 0.717) is 30.2 Å². The lowest BCUT2D eigenvalue weighted by Gasteiger charge is -2.22. The van der Waals surface area contributed by atoms with E-state index in [-0.39, 0.29) is 5.91 Å². The third kappa shape index (κ3) is 12.2. The molecule has 0 aromatic carbocycles. The highest BCUT2D eigenvalue weighted by atomic mass is 16.1. The molecule has 0 heterocycles. The van der Waals surface area contributed by atoms with Gasteiger partial charge in [-0.25, -0.2) is 0 Å². The van der Waals surface area contributed by atoms with Gasteiger partial charge in [0, 0.05) is 25.6 Å². The summed E-state index contributed by atoms with van der Waals surface area (Å²) < 4.78 is 0. The fourth-order valence-corrected chi connectivity index (χ4v) is 2.20. The molecule has 0 saturated carbocycles. The molecule has 114 valence electrons. The van der Waals surface area contributed by atoms with Crippen molar-refractivity contribution in [3.63, 3.8) is 0 Å². The summed E-state index contributed by atoms with van der Waals surface area (Å²) in [6.07, 6.45) is 2.96. The first-order valence-electron chi connectivity index (χ1n) is 7.81. The highest BCUT2D eigenvalue weighted by molar-refractivity contribution is 5.76. The van der Waals surface area contributed by atoms with Crippen molar-refractivity contribution < 1.29 is 4.79 Å². The monoisotopic (exact) mass is 270 g/mol. The average molecular weight is 270 g/mol. The summed E-state index contributed by atoms with van der Waals surface area (Å²) in [5, 5.41) is 6.50. The molecular formula is C16H34N2O. The molecule has 3 nitrogen and oxygen atoms in total. The van der Waals surface area contributed by atoms with Gasteiger partial charge in [0.15, 0.2) is 0 Å². The number of rotatable bonds is 10. The first kappa shape index (κ1) is 18.4. The Kier molecular flexibility index (Phi) is 9.94. The molecule has 0 rings (SSSR count). The van der Waals surface area contributed by atoms with Gasteiger partial charge in [-0.2, -0.15) is 0 Å². The zero-order valence-corrected chi connectivity index (χ0v) is 13.8. The molecule has 0 aromatic heterocycles. The molecule has 0 aliphatic carbocycles. The van der Waals surface area contributed by atoms with Crippen molar-refractivity contribution in [2.45, 2.75) is 66.8 Å². The Morgan fingerprint density at radius 3 is 1.84 bits per heavy atom. The topological polar surface area (TPSA) is 41.1 Å². The second-order valence-corrected chi connectivity index (χ2v) is 6.86. The van der Waals surface area contributed by atoms with Gasteiger partial charge in [-0.05, 0) is 30.6 Å². The van der Waals surface area contributed by atoms with Gasteiger partial charge >= 0.3 is 0 Å². The molecule has 0 aliphatic heterocycles. The number of hydrogen-bond donors (Lipinski definition) is 2.